The Bertz CT molecular complexity index is 1210. The quantitative estimate of drug-likeness (QED) is 0.442. The predicted molar refractivity (Wildman–Crippen MR) is 144 cm³/mol. The minimum Gasteiger partial charge on any atom is -0.465 e. The molecule has 2 N–H and O–H groups in total. The van der Waals surface area contributed by atoms with Gasteiger partial charge in [0.15, 0.2) is 0 Å². The lowest BCUT2D eigenvalue weighted by Gasteiger charge is -2.49. The summed E-state index contributed by atoms with van der Waals surface area (Å²) >= 11 is 0. The van der Waals surface area contributed by atoms with Crippen molar-refractivity contribution in [3.8, 4) is 0 Å². The molecule has 5 rings (SSSR count). The van der Waals surface area contributed by atoms with Crippen molar-refractivity contribution in [1.29, 1.82) is 0 Å². The van der Waals surface area contributed by atoms with Crippen molar-refractivity contribution in [2.24, 2.45) is 11.8 Å². The number of carbonyl (C=O) groups excluding carboxylic acids is 1. The van der Waals surface area contributed by atoms with Gasteiger partial charge in [-0.1, -0.05) is 67.9 Å². The van der Waals surface area contributed by atoms with Crippen LogP contribution in [0.25, 0.3) is 11.0 Å². The summed E-state index contributed by atoms with van der Waals surface area (Å²) in [6, 6.07) is 17.4. The number of rotatable bonds is 8. The van der Waals surface area contributed by atoms with Crippen LogP contribution in [0.5, 0.6) is 0 Å². The van der Waals surface area contributed by atoms with Crippen molar-refractivity contribution in [2.45, 2.75) is 77.4 Å². The van der Waals surface area contributed by atoms with Gasteiger partial charge in [0, 0.05) is 12.6 Å². The third-order valence-corrected chi connectivity index (χ3v) is 8.22. The van der Waals surface area contributed by atoms with E-state index in [0.717, 1.165) is 48.7 Å². The van der Waals surface area contributed by atoms with E-state index in [0.29, 0.717) is 18.9 Å². The SMILES string of the molecule is C.CC(Cn1nnc2ccccc21)(C(=O)NCCc1ccccc1)N(C(=O)O)C1CCC2CCCC1C2. The highest BCUT2D eigenvalue weighted by atomic mass is 16.4. The Kier molecular flexibility index (Phi) is 8.15. The van der Waals surface area contributed by atoms with Crippen LogP contribution in [0.2, 0.25) is 0 Å². The first kappa shape index (κ1) is 26.6. The summed E-state index contributed by atoms with van der Waals surface area (Å²) in [5.41, 5.74) is 1.29. The van der Waals surface area contributed by atoms with Gasteiger partial charge in [-0.2, -0.15) is 0 Å². The highest BCUT2D eigenvalue weighted by molar-refractivity contribution is 5.89. The molecule has 2 fully saturated rings. The lowest BCUT2D eigenvalue weighted by molar-refractivity contribution is -0.136. The van der Waals surface area contributed by atoms with Crippen LogP contribution in [-0.4, -0.2) is 55.1 Å². The van der Waals surface area contributed by atoms with Crippen LogP contribution in [0.4, 0.5) is 4.79 Å². The number of carbonyl (C=O) groups is 2. The Morgan fingerprint density at radius 1 is 1.08 bits per heavy atom. The highest BCUT2D eigenvalue weighted by Crippen LogP contribution is 2.43. The molecule has 2 saturated carbocycles. The Morgan fingerprint density at radius 2 is 1.84 bits per heavy atom. The van der Waals surface area contributed by atoms with Crippen molar-refractivity contribution in [3.05, 3.63) is 60.2 Å². The van der Waals surface area contributed by atoms with Gasteiger partial charge < -0.3 is 10.4 Å². The zero-order valence-electron chi connectivity index (χ0n) is 20.8. The molecule has 2 bridgehead atoms. The average Bonchev–Trinajstić information content (AvgIpc) is 3.29. The summed E-state index contributed by atoms with van der Waals surface area (Å²) in [5, 5.41) is 22.2. The molecular formula is C29H39N5O3. The molecule has 8 heteroatoms. The van der Waals surface area contributed by atoms with Gasteiger partial charge in [0.1, 0.15) is 11.1 Å². The van der Waals surface area contributed by atoms with Crippen molar-refractivity contribution in [2.75, 3.05) is 6.54 Å². The first-order valence-electron chi connectivity index (χ1n) is 13.1. The fraction of sp³-hybridized carbons (Fsp3) is 0.517. The minimum atomic E-state index is -1.34. The van der Waals surface area contributed by atoms with Crippen molar-refractivity contribution >= 4 is 23.0 Å². The molecule has 4 atom stereocenters. The second-order valence-corrected chi connectivity index (χ2v) is 10.6. The second-order valence-electron chi connectivity index (χ2n) is 10.6. The fourth-order valence-electron chi connectivity index (χ4n) is 6.38. The van der Waals surface area contributed by atoms with E-state index in [1.165, 1.54) is 11.3 Å². The molecule has 1 heterocycles. The van der Waals surface area contributed by atoms with Crippen LogP contribution in [0.15, 0.2) is 54.6 Å². The van der Waals surface area contributed by atoms with Crippen LogP contribution in [0.3, 0.4) is 0 Å². The molecule has 0 aliphatic heterocycles. The number of benzene rings is 2. The third kappa shape index (κ3) is 5.48. The predicted octanol–water partition coefficient (Wildman–Crippen LogP) is 5.13. The lowest BCUT2D eigenvalue weighted by atomic mass is 9.68. The number of carboxylic acid groups (broad SMARTS) is 1. The number of hydrogen-bond acceptors (Lipinski definition) is 4. The number of nitrogens with one attached hydrogen (secondary N) is 1. The van der Waals surface area contributed by atoms with Gasteiger partial charge in [-0.25, -0.2) is 9.48 Å². The molecule has 0 spiro atoms. The molecule has 2 amide bonds. The van der Waals surface area contributed by atoms with Crippen LogP contribution >= 0.6 is 0 Å². The molecule has 37 heavy (non-hydrogen) atoms. The first-order valence-corrected chi connectivity index (χ1v) is 13.1. The smallest absolute Gasteiger partial charge is 0.408 e. The molecule has 0 saturated heterocycles. The summed E-state index contributed by atoms with van der Waals surface area (Å²) in [5.74, 6) is 0.678. The van der Waals surface area contributed by atoms with Crippen LogP contribution in [0.1, 0.15) is 58.4 Å². The minimum absolute atomic E-state index is 0. The van der Waals surface area contributed by atoms with Gasteiger partial charge in [-0.3, -0.25) is 9.69 Å². The molecule has 2 aromatic carbocycles. The second kappa shape index (κ2) is 11.3. The molecule has 4 unspecified atom stereocenters. The van der Waals surface area contributed by atoms with Gasteiger partial charge in [-0.05, 0) is 68.6 Å². The average molecular weight is 506 g/mol. The maximum atomic E-state index is 13.9. The van der Waals surface area contributed by atoms with E-state index in [1.54, 1.807) is 11.6 Å². The van der Waals surface area contributed by atoms with E-state index in [4.69, 9.17) is 0 Å². The maximum Gasteiger partial charge on any atom is 0.408 e. The summed E-state index contributed by atoms with van der Waals surface area (Å²) in [4.78, 5) is 28.3. The van der Waals surface area contributed by atoms with E-state index in [9.17, 15) is 14.7 Å². The highest BCUT2D eigenvalue weighted by Gasteiger charge is 2.50. The van der Waals surface area contributed by atoms with Gasteiger partial charge in [-0.15, -0.1) is 5.10 Å². The third-order valence-electron chi connectivity index (χ3n) is 8.22. The molecule has 3 aromatic rings. The normalized spacial score (nSPS) is 22.5. The monoisotopic (exact) mass is 505 g/mol. The van der Waals surface area contributed by atoms with Gasteiger partial charge in [0.05, 0.1) is 12.1 Å². The van der Waals surface area contributed by atoms with E-state index in [2.05, 4.69) is 15.6 Å². The maximum absolute atomic E-state index is 13.9. The number of fused-ring (bicyclic) bond motifs is 3. The Morgan fingerprint density at radius 3 is 2.62 bits per heavy atom. The van der Waals surface area contributed by atoms with E-state index in [-0.39, 0.29) is 31.8 Å². The van der Waals surface area contributed by atoms with Gasteiger partial charge >= 0.3 is 6.09 Å². The molecule has 2 aliphatic carbocycles. The number of amides is 2. The largest absolute Gasteiger partial charge is 0.465 e. The topological polar surface area (TPSA) is 100 Å². The molecule has 2 aliphatic rings. The van der Waals surface area contributed by atoms with E-state index < -0.39 is 11.6 Å². The van der Waals surface area contributed by atoms with Crippen molar-refractivity contribution in [3.63, 3.8) is 0 Å². The fourth-order valence-corrected chi connectivity index (χ4v) is 6.38. The molecule has 0 radical (unpaired) electrons. The Balaban J connectivity index is 0.00000320. The van der Waals surface area contributed by atoms with Crippen molar-refractivity contribution < 1.29 is 14.7 Å². The van der Waals surface area contributed by atoms with Gasteiger partial charge in [0.2, 0.25) is 5.91 Å². The summed E-state index contributed by atoms with van der Waals surface area (Å²) < 4.78 is 1.68. The summed E-state index contributed by atoms with van der Waals surface area (Å²) in [7, 11) is 0. The number of aromatic nitrogens is 3. The zero-order valence-corrected chi connectivity index (χ0v) is 20.8. The standard InChI is InChI=1S/C28H35N5O3.CH4/c1-28(19-32-25-13-6-5-12-23(25)30-31-32,26(34)29-17-16-20-8-3-2-4-9-20)33(27(35)36)24-15-14-21-10-7-11-22(24)18-21;/h2-6,8-9,12-13,21-22,24H,7,10-11,14-19H2,1H3,(H,29,34)(H,35,36);1H4. The lowest BCUT2D eigenvalue weighted by Crippen LogP contribution is -2.66. The number of para-hydroxylation sites is 1. The van der Waals surface area contributed by atoms with Crippen LogP contribution < -0.4 is 5.32 Å². The molecule has 198 valence electrons. The van der Waals surface area contributed by atoms with Crippen LogP contribution in [-0.2, 0) is 17.8 Å². The number of nitrogens with zero attached hydrogens (tertiary/aromatic N) is 4. The van der Waals surface area contributed by atoms with Crippen molar-refractivity contribution in [1.82, 2.24) is 25.2 Å². The molecular weight excluding hydrogens is 466 g/mol. The van der Waals surface area contributed by atoms with Crippen LogP contribution in [0, 0.1) is 11.8 Å². The van der Waals surface area contributed by atoms with E-state index >= 15 is 0 Å². The summed E-state index contributed by atoms with van der Waals surface area (Å²) in [6.45, 7) is 2.29. The molecule has 1 aromatic heterocycles. The van der Waals surface area contributed by atoms with Gasteiger partial charge in [0.25, 0.3) is 0 Å². The Labute approximate surface area is 219 Å². The first-order chi connectivity index (χ1) is 17.5. The summed E-state index contributed by atoms with van der Waals surface area (Å²) in [6.07, 6.45) is 5.88. The Hall–Kier alpha value is -3.42. The zero-order chi connectivity index (χ0) is 25.1. The molecule has 8 nitrogen and oxygen atoms in total. The number of hydrogen-bond donors (Lipinski definition) is 2. The van der Waals surface area contributed by atoms with E-state index in [1.807, 2.05) is 54.6 Å².